The van der Waals surface area contributed by atoms with E-state index in [1.165, 1.54) is 24.4 Å². The maximum absolute atomic E-state index is 16.8. The number of methoxy groups -OCH3 is 1. The van der Waals surface area contributed by atoms with Crippen molar-refractivity contribution in [2.75, 3.05) is 44.8 Å². The number of hydrogen-bond donors (Lipinski definition) is 1. The monoisotopic (exact) mass is 621 g/mol. The number of ether oxygens (including phenoxy) is 2. The van der Waals surface area contributed by atoms with E-state index in [1.807, 2.05) is 18.7 Å². The number of aryl methyl sites for hydroxylation is 1. The van der Waals surface area contributed by atoms with Crippen LogP contribution in [0.1, 0.15) is 51.5 Å². The first-order valence-electron chi connectivity index (χ1n) is 15.8. The highest BCUT2D eigenvalue weighted by molar-refractivity contribution is 6.01. The fourth-order valence-electron chi connectivity index (χ4n) is 7.75. The summed E-state index contributed by atoms with van der Waals surface area (Å²) in [4.78, 5) is 18.1. The highest BCUT2D eigenvalue weighted by Crippen LogP contribution is 2.42. The predicted octanol–water partition coefficient (Wildman–Crippen LogP) is 6.35. The number of alkyl halides is 1. The molecule has 7 rings (SSSR count). The molecule has 0 unspecified atom stereocenters. The molecule has 3 fully saturated rings. The third-order valence-corrected chi connectivity index (χ3v) is 10.1. The summed E-state index contributed by atoms with van der Waals surface area (Å²) in [5.74, 6) is -0.744. The van der Waals surface area contributed by atoms with Crippen molar-refractivity contribution in [3.05, 3.63) is 47.7 Å². The van der Waals surface area contributed by atoms with Crippen molar-refractivity contribution < 1.29 is 27.8 Å². The lowest BCUT2D eigenvalue weighted by Crippen LogP contribution is -2.48. The minimum atomic E-state index is -0.914. The van der Waals surface area contributed by atoms with Crippen LogP contribution in [-0.4, -0.2) is 82.2 Å². The van der Waals surface area contributed by atoms with E-state index in [-0.39, 0.29) is 35.1 Å². The van der Waals surface area contributed by atoms with Crippen LogP contribution in [0.3, 0.4) is 0 Å². The summed E-state index contributed by atoms with van der Waals surface area (Å²) in [6.07, 6.45) is 4.86. The van der Waals surface area contributed by atoms with Crippen LogP contribution in [0.4, 0.5) is 19.0 Å². The van der Waals surface area contributed by atoms with Crippen LogP contribution >= 0.6 is 0 Å². The number of nitrogens with zero attached hydrogens (tertiary/aromatic N) is 5. The number of rotatable bonds is 7. The Labute approximate surface area is 260 Å². The molecule has 1 N–H and O–H groups in total. The Kier molecular flexibility index (Phi) is 7.51. The normalized spacial score (nSPS) is 25.4. The number of aromatic nitrogens is 3. The molecule has 0 saturated carbocycles. The van der Waals surface area contributed by atoms with Crippen molar-refractivity contribution in [3.8, 4) is 23.0 Å². The van der Waals surface area contributed by atoms with E-state index in [2.05, 4.69) is 14.9 Å². The third-order valence-electron chi connectivity index (χ3n) is 10.1. The Morgan fingerprint density at radius 2 is 1.93 bits per heavy atom. The van der Waals surface area contributed by atoms with Crippen LogP contribution in [0.15, 0.2) is 30.5 Å². The van der Waals surface area contributed by atoms with Gasteiger partial charge in [-0.1, -0.05) is 13.0 Å². The maximum Gasteiger partial charge on any atom is 0.319 e. The van der Waals surface area contributed by atoms with Gasteiger partial charge in [-0.15, -0.1) is 0 Å². The Bertz CT molecular complexity index is 1790. The van der Waals surface area contributed by atoms with Gasteiger partial charge in [-0.25, -0.2) is 13.2 Å². The Balaban J connectivity index is 1.38. The van der Waals surface area contributed by atoms with Gasteiger partial charge in [-0.3, -0.25) is 9.88 Å². The average Bonchev–Trinajstić information content (AvgIpc) is 3.55. The van der Waals surface area contributed by atoms with Crippen LogP contribution < -0.4 is 9.64 Å². The van der Waals surface area contributed by atoms with E-state index in [9.17, 15) is 13.9 Å². The lowest BCUT2D eigenvalue weighted by atomic mass is 9.94. The first kappa shape index (κ1) is 30.0. The minimum Gasteiger partial charge on any atom is -0.508 e. The van der Waals surface area contributed by atoms with E-state index in [1.54, 1.807) is 13.2 Å². The zero-order valence-corrected chi connectivity index (χ0v) is 25.9. The molecule has 0 bridgehead atoms. The molecular weight excluding hydrogens is 583 g/mol. The summed E-state index contributed by atoms with van der Waals surface area (Å²) in [5.41, 5.74) is -0.226. The number of phenolic OH excluding ortho intramolecular Hbond substituents is 1. The van der Waals surface area contributed by atoms with Gasteiger partial charge in [0.05, 0.1) is 16.5 Å². The highest BCUT2D eigenvalue weighted by atomic mass is 19.1. The van der Waals surface area contributed by atoms with Gasteiger partial charge in [-0.05, 0) is 80.1 Å². The van der Waals surface area contributed by atoms with Crippen LogP contribution in [0.5, 0.6) is 11.8 Å². The zero-order valence-electron chi connectivity index (χ0n) is 25.9. The van der Waals surface area contributed by atoms with Crippen molar-refractivity contribution in [1.29, 1.82) is 0 Å². The van der Waals surface area contributed by atoms with Crippen molar-refractivity contribution in [2.45, 2.75) is 69.7 Å². The number of phenols is 1. The topological polar surface area (TPSA) is 83.8 Å². The predicted molar refractivity (Wildman–Crippen MR) is 167 cm³/mol. The van der Waals surface area contributed by atoms with Gasteiger partial charge in [0.1, 0.15) is 41.4 Å². The third kappa shape index (κ3) is 5.13. The fourth-order valence-corrected chi connectivity index (χ4v) is 7.75. The van der Waals surface area contributed by atoms with Crippen molar-refractivity contribution in [2.24, 2.45) is 0 Å². The molecule has 4 aromatic rings. The summed E-state index contributed by atoms with van der Waals surface area (Å²) < 4.78 is 58.3. The van der Waals surface area contributed by atoms with Crippen molar-refractivity contribution in [3.63, 3.8) is 0 Å². The van der Waals surface area contributed by atoms with Gasteiger partial charge >= 0.3 is 6.01 Å². The van der Waals surface area contributed by atoms with Crippen LogP contribution in [-0.2, 0) is 11.2 Å². The van der Waals surface area contributed by atoms with E-state index in [0.717, 1.165) is 32.2 Å². The molecule has 3 saturated heterocycles. The molecule has 0 amide bonds. The number of aromatic hydroxyl groups is 1. The number of benzene rings is 2. The molecule has 0 radical (unpaired) electrons. The molecule has 11 heteroatoms. The molecule has 0 spiro atoms. The van der Waals surface area contributed by atoms with E-state index >= 15 is 4.39 Å². The summed E-state index contributed by atoms with van der Waals surface area (Å²) in [7, 11) is 1.68. The van der Waals surface area contributed by atoms with Gasteiger partial charge in [0.15, 0.2) is 5.82 Å². The summed E-state index contributed by atoms with van der Waals surface area (Å²) in [6, 6.07) is 5.86. The number of piperidine rings is 1. The first-order valence-corrected chi connectivity index (χ1v) is 15.8. The van der Waals surface area contributed by atoms with Gasteiger partial charge in [-0.2, -0.15) is 9.97 Å². The quantitative estimate of drug-likeness (QED) is 0.256. The maximum atomic E-state index is 16.8. The van der Waals surface area contributed by atoms with Gasteiger partial charge in [0.25, 0.3) is 0 Å². The summed E-state index contributed by atoms with van der Waals surface area (Å²) >= 11 is 0. The van der Waals surface area contributed by atoms with Crippen LogP contribution in [0, 0.1) is 11.6 Å². The molecule has 2 aromatic carbocycles. The fraction of sp³-hybridized carbons (Fsp3) is 0.500. The Morgan fingerprint density at radius 1 is 1.11 bits per heavy atom. The van der Waals surface area contributed by atoms with E-state index in [4.69, 9.17) is 14.5 Å². The van der Waals surface area contributed by atoms with Gasteiger partial charge < -0.3 is 19.5 Å². The van der Waals surface area contributed by atoms with Crippen LogP contribution in [0.25, 0.3) is 32.9 Å². The summed E-state index contributed by atoms with van der Waals surface area (Å²) in [5, 5.41) is 12.0. The highest BCUT2D eigenvalue weighted by Gasteiger charge is 2.49. The Morgan fingerprint density at radius 3 is 2.73 bits per heavy atom. The molecule has 3 aliphatic rings. The van der Waals surface area contributed by atoms with Gasteiger partial charge in [0, 0.05) is 44.9 Å². The molecule has 2 aromatic heterocycles. The second-order valence-corrected chi connectivity index (χ2v) is 13.0. The SMILES string of the molecule is CCc1c(F)ccc2cc(O)cc(-c3ncc4c(N5CCC[C@@](C)(OC)C5)nc(OC[C@@]56CCCN5C[C@H](F)C6)nc4c3F)c12. The second-order valence-electron chi connectivity index (χ2n) is 13.0. The standard InChI is InChI=1S/C34H38F3N5O3/c1-4-23-26(36)8-7-20-13-22(43)14-24(27(20)23)29-28(37)30-25(16-38-29)31(41-11-5-9-33(2,18-41)44-3)40-32(39-30)45-19-34-10-6-12-42(34)17-21(35)15-34/h7-8,13-14,16,21,43H,4-6,9-12,15,17-19H2,1-3H3/t21-,33-,34+/m1/s1. The first-order chi connectivity index (χ1) is 21.6. The van der Waals surface area contributed by atoms with Gasteiger partial charge in [0.2, 0.25) is 0 Å². The van der Waals surface area contributed by atoms with E-state index < -0.39 is 28.9 Å². The zero-order chi connectivity index (χ0) is 31.5. The average molecular weight is 622 g/mol. The minimum absolute atomic E-state index is 0.00263. The lowest BCUT2D eigenvalue weighted by molar-refractivity contribution is -0.00479. The molecule has 3 aliphatic heterocycles. The van der Waals surface area contributed by atoms with Crippen LogP contribution in [0.2, 0.25) is 0 Å². The summed E-state index contributed by atoms with van der Waals surface area (Å²) in [6.45, 7) is 6.47. The number of halogens is 3. The molecule has 45 heavy (non-hydrogen) atoms. The number of hydrogen-bond acceptors (Lipinski definition) is 8. The number of pyridine rings is 1. The molecule has 5 heterocycles. The van der Waals surface area contributed by atoms with Crippen molar-refractivity contribution >= 4 is 27.5 Å². The number of anilines is 1. The number of fused-ring (bicyclic) bond motifs is 3. The smallest absolute Gasteiger partial charge is 0.319 e. The molecular formula is C34H38F3N5O3. The molecule has 8 nitrogen and oxygen atoms in total. The van der Waals surface area contributed by atoms with Crippen molar-refractivity contribution in [1.82, 2.24) is 19.9 Å². The Hall–Kier alpha value is -3.70. The lowest BCUT2D eigenvalue weighted by Gasteiger charge is -2.40. The largest absolute Gasteiger partial charge is 0.508 e. The second kappa shape index (κ2) is 11.3. The molecule has 238 valence electrons. The molecule has 3 atom stereocenters. The van der Waals surface area contributed by atoms with E-state index in [0.29, 0.717) is 60.0 Å². The molecule has 0 aliphatic carbocycles.